The highest BCUT2D eigenvalue weighted by Gasteiger charge is 2.28. The summed E-state index contributed by atoms with van der Waals surface area (Å²) in [6.45, 7) is 4.87. The number of carbonyl (C=O) groups is 1. The number of rotatable bonds is 9. The Hall–Kier alpha value is -2.09. The van der Waals surface area contributed by atoms with Crippen molar-refractivity contribution < 1.29 is 9.18 Å². The average molecular weight is 598 g/mol. The highest BCUT2D eigenvalue weighted by atomic mass is 35.5. The van der Waals surface area contributed by atoms with Crippen molar-refractivity contribution in [2.24, 2.45) is 0 Å². The minimum absolute atomic E-state index is 0.230. The Bertz CT molecular complexity index is 1230. The molecule has 1 fully saturated rings. The number of amides is 1. The molecule has 0 radical (unpaired) electrons. The second kappa shape index (κ2) is 13.3. The van der Waals surface area contributed by atoms with E-state index in [9.17, 15) is 9.18 Å². The van der Waals surface area contributed by atoms with Gasteiger partial charge in [0, 0.05) is 72.0 Å². The molecule has 1 unspecified atom stereocenters. The van der Waals surface area contributed by atoms with E-state index in [2.05, 4.69) is 27.0 Å². The number of nitrogens with one attached hydrogen (secondary N) is 1. The summed E-state index contributed by atoms with van der Waals surface area (Å²) in [6, 6.07) is 12.8. The highest BCUT2D eigenvalue weighted by molar-refractivity contribution is 6.39. The van der Waals surface area contributed by atoms with E-state index in [4.69, 9.17) is 46.4 Å². The summed E-state index contributed by atoms with van der Waals surface area (Å²) < 4.78 is 14.6. The molecule has 0 saturated carbocycles. The minimum atomic E-state index is -0.305. The third-order valence-electron chi connectivity index (χ3n) is 7.00. The van der Waals surface area contributed by atoms with Gasteiger partial charge in [0.1, 0.15) is 5.82 Å². The van der Waals surface area contributed by atoms with Gasteiger partial charge in [-0.3, -0.25) is 9.78 Å². The number of pyridine rings is 1. The minimum Gasteiger partial charge on any atom is -0.364 e. The molecule has 1 aromatic heterocycles. The fraction of sp³-hybridized carbons (Fsp3) is 0.357. The van der Waals surface area contributed by atoms with Crippen LogP contribution in [0.15, 0.2) is 54.9 Å². The van der Waals surface area contributed by atoms with Crippen molar-refractivity contribution in [1.82, 2.24) is 15.2 Å². The number of piperidine rings is 1. The molecule has 1 saturated heterocycles. The Kier molecular flexibility index (Phi) is 10.1. The third kappa shape index (κ3) is 7.30. The summed E-state index contributed by atoms with van der Waals surface area (Å²) in [5.41, 5.74) is 1.81. The van der Waals surface area contributed by atoms with Crippen LogP contribution in [0.3, 0.4) is 0 Å². The lowest BCUT2D eigenvalue weighted by atomic mass is 9.99. The number of anilines is 1. The van der Waals surface area contributed by atoms with Crippen molar-refractivity contribution in [2.75, 3.05) is 24.5 Å². The quantitative estimate of drug-likeness (QED) is 0.277. The predicted octanol–water partition coefficient (Wildman–Crippen LogP) is 7.51. The number of benzene rings is 2. The fourth-order valence-electron chi connectivity index (χ4n) is 4.84. The average Bonchev–Trinajstić information content (AvgIpc) is 2.90. The van der Waals surface area contributed by atoms with Gasteiger partial charge in [-0.05, 0) is 68.7 Å². The Labute approximate surface area is 242 Å². The van der Waals surface area contributed by atoms with Gasteiger partial charge < -0.3 is 15.1 Å². The zero-order chi connectivity index (χ0) is 27.2. The molecule has 0 bridgehead atoms. The smallest absolute Gasteiger partial charge is 0.254 e. The van der Waals surface area contributed by atoms with Crippen molar-refractivity contribution >= 4 is 58.0 Å². The monoisotopic (exact) mass is 596 g/mol. The van der Waals surface area contributed by atoms with Crippen molar-refractivity contribution in [3.8, 4) is 0 Å². The Balaban J connectivity index is 1.35. The van der Waals surface area contributed by atoms with E-state index in [1.165, 1.54) is 18.5 Å². The molecule has 10 heteroatoms. The van der Waals surface area contributed by atoms with Gasteiger partial charge in [-0.2, -0.15) is 0 Å². The number of hydrogen-bond donors (Lipinski definition) is 1. The SMILES string of the molecule is CC(CCNC(=O)c1c(Cl)cncc1Cl)N1CCC(N(Cc2cc(Cl)ccc2F)c2ccc(Cl)cc2)CC1. The van der Waals surface area contributed by atoms with Gasteiger partial charge in [0.2, 0.25) is 0 Å². The largest absolute Gasteiger partial charge is 0.364 e. The fourth-order valence-corrected chi connectivity index (χ4v) is 5.70. The van der Waals surface area contributed by atoms with Crippen molar-refractivity contribution in [3.05, 3.63) is 91.9 Å². The molecule has 1 atom stereocenters. The standard InChI is InChI=1S/C28H29Cl4FN4O/c1-18(8-11-35-28(38)27-24(31)15-34-16-25(27)32)36-12-9-23(10-13-36)37(22-5-2-20(29)3-6-22)17-19-14-21(30)4-7-26(19)33/h2-7,14-16,18,23H,8-13,17H2,1H3,(H,35,38). The maximum Gasteiger partial charge on any atom is 0.254 e. The summed E-state index contributed by atoms with van der Waals surface area (Å²) in [5, 5.41) is 4.55. The summed E-state index contributed by atoms with van der Waals surface area (Å²) in [5.74, 6) is -0.573. The van der Waals surface area contributed by atoms with E-state index >= 15 is 0 Å². The maximum atomic E-state index is 14.6. The van der Waals surface area contributed by atoms with Crippen LogP contribution in [0.4, 0.5) is 10.1 Å². The third-order valence-corrected chi connectivity index (χ3v) is 8.06. The maximum absolute atomic E-state index is 14.6. The molecule has 0 aliphatic carbocycles. The molecule has 1 aliphatic rings. The molecule has 202 valence electrons. The Morgan fingerprint density at radius 2 is 1.68 bits per heavy atom. The van der Waals surface area contributed by atoms with Crippen LogP contribution < -0.4 is 10.2 Å². The van der Waals surface area contributed by atoms with Gasteiger partial charge in [-0.1, -0.05) is 46.4 Å². The number of hydrogen-bond acceptors (Lipinski definition) is 4. The summed E-state index contributed by atoms with van der Waals surface area (Å²) >= 11 is 24.5. The zero-order valence-electron chi connectivity index (χ0n) is 20.9. The van der Waals surface area contributed by atoms with Gasteiger partial charge in [-0.25, -0.2) is 4.39 Å². The van der Waals surface area contributed by atoms with Gasteiger partial charge in [0.05, 0.1) is 15.6 Å². The second-order valence-electron chi connectivity index (χ2n) is 9.48. The molecule has 38 heavy (non-hydrogen) atoms. The lowest BCUT2D eigenvalue weighted by Gasteiger charge is -2.42. The van der Waals surface area contributed by atoms with Crippen molar-refractivity contribution in [2.45, 2.75) is 44.8 Å². The molecule has 3 aromatic rings. The first-order valence-corrected chi connectivity index (χ1v) is 14.0. The molecule has 2 aromatic carbocycles. The molecule has 0 spiro atoms. The van der Waals surface area contributed by atoms with E-state index in [-0.39, 0.29) is 39.4 Å². The van der Waals surface area contributed by atoms with Crippen LogP contribution in [0.5, 0.6) is 0 Å². The molecule has 1 amide bonds. The summed E-state index contributed by atoms with van der Waals surface area (Å²) in [6.07, 6.45) is 5.44. The Morgan fingerprint density at radius 3 is 2.34 bits per heavy atom. The van der Waals surface area contributed by atoms with Crippen molar-refractivity contribution in [3.63, 3.8) is 0 Å². The van der Waals surface area contributed by atoms with Crippen LogP contribution in [0, 0.1) is 5.82 Å². The van der Waals surface area contributed by atoms with Gasteiger partial charge >= 0.3 is 0 Å². The second-order valence-corrected chi connectivity index (χ2v) is 11.2. The number of likely N-dealkylation sites (tertiary alicyclic amines) is 1. The number of nitrogens with zero attached hydrogens (tertiary/aromatic N) is 3. The van der Waals surface area contributed by atoms with E-state index in [1.807, 2.05) is 24.3 Å². The van der Waals surface area contributed by atoms with E-state index in [0.29, 0.717) is 28.7 Å². The number of halogens is 5. The van der Waals surface area contributed by atoms with Crippen LogP contribution in [-0.2, 0) is 6.54 Å². The van der Waals surface area contributed by atoms with Crippen LogP contribution in [0.25, 0.3) is 0 Å². The van der Waals surface area contributed by atoms with Crippen LogP contribution >= 0.6 is 46.4 Å². The zero-order valence-corrected chi connectivity index (χ0v) is 24.0. The normalized spacial score (nSPS) is 15.3. The van der Waals surface area contributed by atoms with Crippen LogP contribution in [0.2, 0.25) is 20.1 Å². The van der Waals surface area contributed by atoms with Gasteiger partial charge in [-0.15, -0.1) is 0 Å². The van der Waals surface area contributed by atoms with E-state index in [1.54, 1.807) is 12.1 Å². The predicted molar refractivity (Wildman–Crippen MR) is 154 cm³/mol. The lowest BCUT2D eigenvalue weighted by molar-refractivity contribution is 0.0945. The molecule has 4 rings (SSSR count). The van der Waals surface area contributed by atoms with E-state index in [0.717, 1.165) is 38.0 Å². The Morgan fingerprint density at radius 1 is 1.05 bits per heavy atom. The van der Waals surface area contributed by atoms with Crippen molar-refractivity contribution in [1.29, 1.82) is 0 Å². The molecule has 2 heterocycles. The number of aromatic nitrogens is 1. The first kappa shape index (κ1) is 28.9. The summed E-state index contributed by atoms with van der Waals surface area (Å²) in [4.78, 5) is 21.1. The van der Waals surface area contributed by atoms with Gasteiger partial charge in [0.15, 0.2) is 0 Å². The van der Waals surface area contributed by atoms with E-state index < -0.39 is 0 Å². The highest BCUT2D eigenvalue weighted by Crippen LogP contribution is 2.29. The summed E-state index contributed by atoms with van der Waals surface area (Å²) in [7, 11) is 0. The first-order chi connectivity index (χ1) is 18.2. The molecule has 1 N–H and O–H groups in total. The topological polar surface area (TPSA) is 48.5 Å². The van der Waals surface area contributed by atoms with Crippen LogP contribution in [0.1, 0.15) is 42.1 Å². The molecular weight excluding hydrogens is 569 g/mol. The molecular formula is C28H29Cl4FN4O. The van der Waals surface area contributed by atoms with Crippen LogP contribution in [-0.4, -0.2) is 47.5 Å². The van der Waals surface area contributed by atoms with Gasteiger partial charge in [0.25, 0.3) is 5.91 Å². The number of carbonyl (C=O) groups excluding carboxylic acids is 1. The first-order valence-electron chi connectivity index (χ1n) is 12.5. The lowest BCUT2D eigenvalue weighted by Crippen LogP contribution is -2.48. The molecule has 5 nitrogen and oxygen atoms in total. The molecule has 1 aliphatic heterocycles.